The summed E-state index contributed by atoms with van der Waals surface area (Å²) >= 11 is 0. The number of aliphatic hydroxyl groups excluding tert-OH is 1. The van der Waals surface area contributed by atoms with Crippen LogP contribution in [0.3, 0.4) is 0 Å². The van der Waals surface area contributed by atoms with Crippen molar-refractivity contribution in [3.63, 3.8) is 0 Å². The van der Waals surface area contributed by atoms with Gasteiger partial charge < -0.3 is 15.5 Å². The van der Waals surface area contributed by atoms with Crippen LogP contribution in [0.5, 0.6) is 5.75 Å². The van der Waals surface area contributed by atoms with E-state index >= 15 is 0 Å². The van der Waals surface area contributed by atoms with Gasteiger partial charge >= 0.3 is 0 Å². The summed E-state index contributed by atoms with van der Waals surface area (Å²) in [6.07, 6.45) is 0. The maximum absolute atomic E-state index is 12.9. The van der Waals surface area contributed by atoms with Crippen molar-refractivity contribution in [3.05, 3.63) is 29.6 Å². The lowest BCUT2D eigenvalue weighted by molar-refractivity contribution is 0.0893. The number of amides is 1. The van der Waals surface area contributed by atoms with Gasteiger partial charge in [-0.25, -0.2) is 4.39 Å². The normalized spacial score (nSPS) is 12.5. The van der Waals surface area contributed by atoms with Gasteiger partial charge in [-0.05, 0) is 24.1 Å². The number of aromatic hydroxyl groups is 1. The summed E-state index contributed by atoms with van der Waals surface area (Å²) in [6.45, 7) is 3.47. The summed E-state index contributed by atoms with van der Waals surface area (Å²) in [5, 5.41) is 21.0. The van der Waals surface area contributed by atoms with Crippen molar-refractivity contribution in [1.29, 1.82) is 0 Å². The number of hydrogen-bond acceptors (Lipinski definition) is 3. The Morgan fingerprint density at radius 1 is 1.47 bits per heavy atom. The van der Waals surface area contributed by atoms with Crippen LogP contribution in [0.15, 0.2) is 18.2 Å². The fourth-order valence-corrected chi connectivity index (χ4v) is 1.36. The average Bonchev–Trinajstić information content (AvgIpc) is 2.28. The zero-order valence-electron chi connectivity index (χ0n) is 9.77. The molecule has 0 bridgehead atoms. The number of phenols is 1. The Hall–Kier alpha value is -1.62. The van der Waals surface area contributed by atoms with Crippen LogP contribution in [0, 0.1) is 11.7 Å². The zero-order valence-corrected chi connectivity index (χ0v) is 9.77. The highest BCUT2D eigenvalue weighted by atomic mass is 19.1. The number of carbonyl (C=O) groups excluding carboxylic acids is 1. The molecule has 1 aromatic rings. The van der Waals surface area contributed by atoms with E-state index in [1.54, 1.807) is 0 Å². The van der Waals surface area contributed by atoms with Crippen LogP contribution in [0.1, 0.15) is 24.2 Å². The van der Waals surface area contributed by atoms with Crippen LogP contribution in [0.25, 0.3) is 0 Å². The number of hydrogen-bond donors (Lipinski definition) is 3. The molecule has 1 rings (SSSR count). The molecular weight excluding hydrogens is 225 g/mol. The molecular formula is C12H16FNO3. The van der Waals surface area contributed by atoms with E-state index in [2.05, 4.69) is 5.32 Å². The number of carbonyl (C=O) groups is 1. The van der Waals surface area contributed by atoms with Gasteiger partial charge in [-0.3, -0.25) is 4.79 Å². The first-order valence-electron chi connectivity index (χ1n) is 5.36. The molecule has 0 aliphatic rings. The Bertz CT molecular complexity index is 407. The molecule has 5 heteroatoms. The van der Waals surface area contributed by atoms with Crippen LogP contribution in [0.2, 0.25) is 0 Å². The van der Waals surface area contributed by atoms with Crippen molar-refractivity contribution in [2.75, 3.05) is 6.61 Å². The third-order valence-corrected chi connectivity index (χ3v) is 2.52. The van der Waals surface area contributed by atoms with E-state index < -0.39 is 17.8 Å². The van der Waals surface area contributed by atoms with Crippen LogP contribution in [-0.2, 0) is 0 Å². The topological polar surface area (TPSA) is 69.6 Å². The first-order valence-corrected chi connectivity index (χ1v) is 5.36. The molecule has 0 aliphatic heterocycles. The maximum Gasteiger partial charge on any atom is 0.255 e. The van der Waals surface area contributed by atoms with E-state index in [-0.39, 0.29) is 23.8 Å². The van der Waals surface area contributed by atoms with Crippen LogP contribution in [-0.4, -0.2) is 28.8 Å². The lowest BCUT2D eigenvalue weighted by Gasteiger charge is -2.20. The highest BCUT2D eigenvalue weighted by molar-refractivity contribution is 5.97. The Morgan fingerprint density at radius 3 is 2.65 bits per heavy atom. The second-order valence-corrected chi connectivity index (χ2v) is 4.17. The smallest absolute Gasteiger partial charge is 0.255 e. The molecule has 17 heavy (non-hydrogen) atoms. The summed E-state index contributed by atoms with van der Waals surface area (Å²) in [6, 6.07) is 2.72. The predicted molar refractivity (Wildman–Crippen MR) is 61.2 cm³/mol. The Kier molecular flexibility index (Phi) is 4.45. The Morgan fingerprint density at radius 2 is 2.12 bits per heavy atom. The third-order valence-electron chi connectivity index (χ3n) is 2.52. The highest BCUT2D eigenvalue weighted by Gasteiger charge is 2.18. The molecule has 0 spiro atoms. The molecule has 0 saturated carbocycles. The first-order chi connectivity index (χ1) is 7.95. The van der Waals surface area contributed by atoms with E-state index in [1.807, 2.05) is 13.8 Å². The number of aliphatic hydroxyl groups is 1. The third kappa shape index (κ3) is 3.42. The van der Waals surface area contributed by atoms with E-state index in [9.17, 15) is 14.3 Å². The first kappa shape index (κ1) is 13.4. The average molecular weight is 241 g/mol. The largest absolute Gasteiger partial charge is 0.507 e. The number of nitrogens with one attached hydrogen (secondary N) is 1. The van der Waals surface area contributed by atoms with Crippen molar-refractivity contribution in [3.8, 4) is 5.75 Å². The molecule has 0 aliphatic carbocycles. The Balaban J connectivity index is 2.86. The lowest BCUT2D eigenvalue weighted by atomic mass is 10.0. The molecule has 0 heterocycles. The van der Waals surface area contributed by atoms with E-state index in [0.717, 1.165) is 18.2 Å². The number of halogens is 1. The Labute approximate surface area is 99.1 Å². The molecule has 0 saturated heterocycles. The molecule has 0 aromatic heterocycles. The van der Waals surface area contributed by atoms with Gasteiger partial charge in [0.25, 0.3) is 5.91 Å². The molecule has 4 nitrogen and oxygen atoms in total. The monoisotopic (exact) mass is 241 g/mol. The minimum Gasteiger partial charge on any atom is -0.507 e. The highest BCUT2D eigenvalue weighted by Crippen LogP contribution is 2.18. The van der Waals surface area contributed by atoms with Gasteiger partial charge in [0.15, 0.2) is 0 Å². The van der Waals surface area contributed by atoms with Crippen molar-refractivity contribution in [2.24, 2.45) is 5.92 Å². The molecule has 94 valence electrons. The van der Waals surface area contributed by atoms with Gasteiger partial charge in [0.1, 0.15) is 11.6 Å². The van der Waals surface area contributed by atoms with Gasteiger partial charge in [0, 0.05) is 0 Å². The van der Waals surface area contributed by atoms with Gasteiger partial charge in [-0.1, -0.05) is 13.8 Å². The maximum atomic E-state index is 12.9. The summed E-state index contributed by atoms with van der Waals surface area (Å²) in [5.41, 5.74) is -0.135. The van der Waals surface area contributed by atoms with Crippen molar-refractivity contribution in [2.45, 2.75) is 19.9 Å². The standard InChI is InChI=1S/C12H16FNO3/c1-7(2)10(6-15)14-12(17)9-5-8(13)3-4-11(9)16/h3-5,7,10,15-16H,6H2,1-2H3,(H,14,17). The molecule has 1 unspecified atom stereocenters. The summed E-state index contributed by atoms with van der Waals surface area (Å²) < 4.78 is 12.9. The molecule has 1 atom stereocenters. The van der Waals surface area contributed by atoms with Gasteiger partial charge in [-0.2, -0.15) is 0 Å². The van der Waals surface area contributed by atoms with E-state index in [1.165, 1.54) is 0 Å². The van der Waals surface area contributed by atoms with Crippen molar-refractivity contribution in [1.82, 2.24) is 5.32 Å². The molecule has 0 radical (unpaired) electrons. The summed E-state index contributed by atoms with van der Waals surface area (Å²) in [4.78, 5) is 11.7. The minimum atomic E-state index is -0.602. The quantitative estimate of drug-likeness (QED) is 0.743. The van der Waals surface area contributed by atoms with Crippen molar-refractivity contribution < 1.29 is 19.4 Å². The van der Waals surface area contributed by atoms with Gasteiger partial charge in [-0.15, -0.1) is 0 Å². The van der Waals surface area contributed by atoms with Crippen LogP contribution < -0.4 is 5.32 Å². The fourth-order valence-electron chi connectivity index (χ4n) is 1.36. The van der Waals surface area contributed by atoms with Crippen LogP contribution in [0.4, 0.5) is 4.39 Å². The van der Waals surface area contributed by atoms with Gasteiger partial charge in [0.05, 0.1) is 18.2 Å². The lowest BCUT2D eigenvalue weighted by Crippen LogP contribution is -2.41. The second kappa shape index (κ2) is 5.63. The molecule has 1 aromatic carbocycles. The second-order valence-electron chi connectivity index (χ2n) is 4.17. The molecule has 0 fully saturated rings. The number of phenolic OH excluding ortho intramolecular Hbond substituents is 1. The summed E-state index contributed by atoms with van der Waals surface area (Å²) in [7, 11) is 0. The number of rotatable bonds is 4. The van der Waals surface area contributed by atoms with Gasteiger partial charge in [0.2, 0.25) is 0 Å². The van der Waals surface area contributed by atoms with E-state index in [0.29, 0.717) is 0 Å². The number of benzene rings is 1. The molecule has 1 amide bonds. The fraction of sp³-hybridized carbons (Fsp3) is 0.417. The SMILES string of the molecule is CC(C)C(CO)NC(=O)c1cc(F)ccc1O. The zero-order chi connectivity index (χ0) is 13.0. The van der Waals surface area contributed by atoms with Crippen molar-refractivity contribution >= 4 is 5.91 Å². The van der Waals surface area contributed by atoms with Crippen LogP contribution >= 0.6 is 0 Å². The molecule has 3 N–H and O–H groups in total. The van der Waals surface area contributed by atoms with E-state index in [4.69, 9.17) is 5.11 Å². The minimum absolute atomic E-state index is 0.0413. The predicted octanol–water partition coefficient (Wildman–Crippen LogP) is 1.28. The summed E-state index contributed by atoms with van der Waals surface area (Å²) in [5.74, 6) is -1.45.